The maximum atomic E-state index is 13.0. The van der Waals surface area contributed by atoms with E-state index in [2.05, 4.69) is 0 Å². The summed E-state index contributed by atoms with van der Waals surface area (Å²) in [5.41, 5.74) is 0.803. The summed E-state index contributed by atoms with van der Waals surface area (Å²) in [6.07, 6.45) is 0.887. The number of rotatable bonds is 6. The summed E-state index contributed by atoms with van der Waals surface area (Å²) in [7, 11) is 2.91. The molecule has 1 aliphatic heterocycles. The second kappa shape index (κ2) is 8.97. The third-order valence-electron chi connectivity index (χ3n) is 4.64. The van der Waals surface area contributed by atoms with Gasteiger partial charge in [-0.15, -0.1) is 0 Å². The maximum Gasteiger partial charge on any atom is 0.339 e. The number of likely N-dealkylation sites (tertiary alicyclic amines) is 1. The van der Waals surface area contributed by atoms with E-state index in [1.54, 1.807) is 29.2 Å². The molecule has 1 saturated heterocycles. The number of ether oxygens (including phenoxy) is 3. The summed E-state index contributed by atoms with van der Waals surface area (Å²) in [5, 5.41) is 0.218. The Bertz CT molecular complexity index is 849. The van der Waals surface area contributed by atoms with Gasteiger partial charge in [0.2, 0.25) is 6.10 Å². The third-order valence-corrected chi connectivity index (χ3v) is 4.92. The number of esters is 1. The van der Waals surface area contributed by atoms with E-state index in [0.717, 1.165) is 12.8 Å². The highest BCUT2D eigenvalue weighted by molar-refractivity contribution is 6.32. The molecule has 1 amide bonds. The van der Waals surface area contributed by atoms with Crippen LogP contribution in [0, 0.1) is 0 Å². The van der Waals surface area contributed by atoms with E-state index in [9.17, 15) is 9.59 Å². The zero-order valence-electron chi connectivity index (χ0n) is 15.8. The molecule has 0 radical (unpaired) electrons. The largest absolute Gasteiger partial charge is 0.493 e. The van der Waals surface area contributed by atoms with Crippen molar-refractivity contribution < 1.29 is 23.8 Å². The number of nitrogens with zero attached hydrogens (tertiary/aromatic N) is 1. The summed E-state index contributed by atoms with van der Waals surface area (Å²) in [6, 6.07) is 11.9. The van der Waals surface area contributed by atoms with Crippen molar-refractivity contribution in [1.82, 2.24) is 4.90 Å². The minimum Gasteiger partial charge on any atom is -0.493 e. The number of hydrogen-bond donors (Lipinski definition) is 0. The van der Waals surface area contributed by atoms with Gasteiger partial charge in [-0.2, -0.15) is 0 Å². The Morgan fingerprint density at radius 3 is 2.32 bits per heavy atom. The van der Waals surface area contributed by atoms with Gasteiger partial charge in [-0.05, 0) is 25.0 Å². The molecule has 0 unspecified atom stereocenters. The molecule has 0 N–H and O–H groups in total. The summed E-state index contributed by atoms with van der Waals surface area (Å²) < 4.78 is 16.1. The molecule has 0 saturated carbocycles. The Labute approximate surface area is 168 Å². The van der Waals surface area contributed by atoms with Crippen LogP contribution in [0.1, 0.15) is 34.9 Å². The second-order valence-electron chi connectivity index (χ2n) is 6.42. The van der Waals surface area contributed by atoms with Gasteiger partial charge in [0.25, 0.3) is 5.91 Å². The number of carbonyl (C=O) groups is 2. The molecule has 0 aliphatic carbocycles. The molecule has 7 heteroatoms. The lowest BCUT2D eigenvalue weighted by atomic mass is 10.1. The summed E-state index contributed by atoms with van der Waals surface area (Å²) in [6.45, 7) is 1.34. The van der Waals surface area contributed by atoms with Crippen LogP contribution in [0.4, 0.5) is 0 Å². The lowest BCUT2D eigenvalue weighted by molar-refractivity contribution is -0.140. The lowest BCUT2D eigenvalue weighted by Crippen LogP contribution is -2.34. The smallest absolute Gasteiger partial charge is 0.339 e. The van der Waals surface area contributed by atoms with E-state index in [4.69, 9.17) is 25.8 Å². The number of carbonyl (C=O) groups excluding carboxylic acids is 2. The van der Waals surface area contributed by atoms with Crippen molar-refractivity contribution >= 4 is 23.5 Å². The van der Waals surface area contributed by atoms with Gasteiger partial charge in [0, 0.05) is 18.7 Å². The van der Waals surface area contributed by atoms with Gasteiger partial charge in [0.15, 0.2) is 11.5 Å². The molecular formula is C21H22ClNO5. The van der Waals surface area contributed by atoms with Crippen molar-refractivity contribution in [3.63, 3.8) is 0 Å². The molecule has 1 atom stereocenters. The highest BCUT2D eigenvalue weighted by Gasteiger charge is 2.31. The molecule has 0 bridgehead atoms. The zero-order chi connectivity index (χ0) is 20.1. The predicted octanol–water partition coefficient (Wildman–Crippen LogP) is 3.88. The molecule has 148 valence electrons. The van der Waals surface area contributed by atoms with Crippen molar-refractivity contribution in [3.05, 3.63) is 58.6 Å². The van der Waals surface area contributed by atoms with Crippen LogP contribution >= 0.6 is 11.6 Å². The first-order chi connectivity index (χ1) is 13.5. The Kier molecular flexibility index (Phi) is 6.41. The number of hydrogen-bond acceptors (Lipinski definition) is 5. The fraction of sp³-hybridized carbons (Fsp3) is 0.333. The van der Waals surface area contributed by atoms with Gasteiger partial charge in [-0.3, -0.25) is 4.79 Å². The Morgan fingerprint density at radius 2 is 1.71 bits per heavy atom. The van der Waals surface area contributed by atoms with Gasteiger partial charge < -0.3 is 19.1 Å². The van der Waals surface area contributed by atoms with Crippen molar-refractivity contribution in [3.8, 4) is 11.5 Å². The van der Waals surface area contributed by atoms with Crippen LogP contribution in [0.2, 0.25) is 5.02 Å². The first-order valence-electron chi connectivity index (χ1n) is 9.01. The van der Waals surface area contributed by atoms with Crippen LogP contribution in [0.25, 0.3) is 0 Å². The van der Waals surface area contributed by atoms with Gasteiger partial charge in [-0.25, -0.2) is 4.79 Å². The van der Waals surface area contributed by atoms with Crippen LogP contribution in [-0.2, 0) is 9.53 Å². The third kappa shape index (κ3) is 4.22. The fourth-order valence-electron chi connectivity index (χ4n) is 3.20. The van der Waals surface area contributed by atoms with Crippen molar-refractivity contribution in [2.45, 2.75) is 18.9 Å². The second-order valence-corrected chi connectivity index (χ2v) is 6.83. The molecule has 2 aromatic rings. The van der Waals surface area contributed by atoms with Crippen LogP contribution in [-0.4, -0.2) is 44.1 Å². The summed E-state index contributed by atoms with van der Waals surface area (Å²) >= 11 is 6.19. The SMILES string of the molecule is COc1cc(C(=O)O[C@@H](C(=O)N2CCCC2)c2ccccc2)cc(Cl)c1OC. The van der Waals surface area contributed by atoms with E-state index in [0.29, 0.717) is 30.2 Å². The molecule has 1 fully saturated rings. The Hall–Kier alpha value is -2.73. The normalized spacial score (nSPS) is 14.5. The monoisotopic (exact) mass is 403 g/mol. The first-order valence-corrected chi connectivity index (χ1v) is 9.39. The van der Waals surface area contributed by atoms with Crippen molar-refractivity contribution in [1.29, 1.82) is 0 Å². The van der Waals surface area contributed by atoms with Crippen LogP contribution in [0.3, 0.4) is 0 Å². The quantitative estimate of drug-likeness (QED) is 0.685. The molecular weight excluding hydrogens is 382 g/mol. The van der Waals surface area contributed by atoms with Crippen LogP contribution < -0.4 is 9.47 Å². The standard InChI is InChI=1S/C21H22ClNO5/c1-26-17-13-15(12-16(22)19(17)27-2)21(25)28-18(14-8-4-3-5-9-14)20(24)23-10-6-7-11-23/h3-5,8-9,12-13,18H,6-7,10-11H2,1-2H3/t18-/m1/s1. The molecule has 1 aliphatic rings. The minimum absolute atomic E-state index is 0.179. The van der Waals surface area contributed by atoms with Crippen molar-refractivity contribution in [2.24, 2.45) is 0 Å². The fourth-order valence-corrected chi connectivity index (χ4v) is 3.49. The number of benzene rings is 2. The molecule has 3 rings (SSSR count). The zero-order valence-corrected chi connectivity index (χ0v) is 16.6. The highest BCUT2D eigenvalue weighted by Crippen LogP contribution is 2.36. The summed E-state index contributed by atoms with van der Waals surface area (Å²) in [4.78, 5) is 27.5. The van der Waals surface area contributed by atoms with Gasteiger partial charge in [0.05, 0.1) is 24.8 Å². The van der Waals surface area contributed by atoms with Crippen LogP contribution in [0.5, 0.6) is 11.5 Å². The molecule has 6 nitrogen and oxygen atoms in total. The maximum absolute atomic E-state index is 13.0. The average molecular weight is 404 g/mol. The van der Waals surface area contributed by atoms with Gasteiger partial charge in [0.1, 0.15) is 0 Å². The Balaban J connectivity index is 1.89. The molecule has 0 aromatic heterocycles. The number of amides is 1. The van der Waals surface area contributed by atoms with Crippen LogP contribution in [0.15, 0.2) is 42.5 Å². The van der Waals surface area contributed by atoms with Crippen molar-refractivity contribution in [2.75, 3.05) is 27.3 Å². The summed E-state index contributed by atoms with van der Waals surface area (Å²) in [5.74, 6) is -0.245. The topological polar surface area (TPSA) is 65.1 Å². The van der Waals surface area contributed by atoms with E-state index < -0.39 is 12.1 Å². The predicted molar refractivity (Wildman–Crippen MR) is 105 cm³/mol. The molecule has 28 heavy (non-hydrogen) atoms. The average Bonchev–Trinajstić information content (AvgIpc) is 3.26. The molecule has 0 spiro atoms. The minimum atomic E-state index is -1.02. The lowest BCUT2D eigenvalue weighted by Gasteiger charge is -2.23. The molecule has 1 heterocycles. The van der Waals surface area contributed by atoms with E-state index in [1.165, 1.54) is 26.4 Å². The van der Waals surface area contributed by atoms with E-state index >= 15 is 0 Å². The van der Waals surface area contributed by atoms with Gasteiger partial charge >= 0.3 is 5.97 Å². The first kappa shape index (κ1) is 20.0. The number of methoxy groups -OCH3 is 2. The molecule has 2 aromatic carbocycles. The highest BCUT2D eigenvalue weighted by atomic mass is 35.5. The van der Waals surface area contributed by atoms with E-state index in [1.807, 2.05) is 6.07 Å². The number of halogens is 1. The Morgan fingerprint density at radius 1 is 1.04 bits per heavy atom. The van der Waals surface area contributed by atoms with E-state index in [-0.39, 0.29) is 16.5 Å². The van der Waals surface area contributed by atoms with Gasteiger partial charge in [-0.1, -0.05) is 41.9 Å².